The van der Waals surface area contributed by atoms with E-state index >= 15 is 0 Å². The third-order valence-corrected chi connectivity index (χ3v) is 9.99. The summed E-state index contributed by atoms with van der Waals surface area (Å²) in [5, 5.41) is 18.4. The van der Waals surface area contributed by atoms with Crippen molar-refractivity contribution in [3.05, 3.63) is 83.0 Å². The van der Waals surface area contributed by atoms with Crippen LogP contribution in [0.25, 0.3) is 10.8 Å². The molecule has 0 aliphatic carbocycles. The summed E-state index contributed by atoms with van der Waals surface area (Å²) in [6.07, 6.45) is 1.98. The Balaban J connectivity index is 1.27. The van der Waals surface area contributed by atoms with Crippen LogP contribution in [0.1, 0.15) is 25.3 Å². The molecule has 14 heteroatoms. The van der Waals surface area contributed by atoms with E-state index in [1.165, 1.54) is 0 Å². The first-order valence-corrected chi connectivity index (χ1v) is 17.7. The molecule has 0 aliphatic heterocycles. The largest absolute Gasteiger partial charge is 0.506 e. The van der Waals surface area contributed by atoms with E-state index < -0.39 is 6.04 Å². The summed E-state index contributed by atoms with van der Waals surface area (Å²) in [6.45, 7) is 4.00. The number of unbranched alkanes of at least 4 members (excludes halogenated alkanes) is 1. The molecule has 4 aromatic rings. The molecule has 1 atom stereocenters. The Hall–Kier alpha value is -1.65. The molecule has 6 N–H and O–H groups in total. The molecule has 0 spiro atoms. The third-order valence-electron chi connectivity index (χ3n) is 6.74. The summed E-state index contributed by atoms with van der Waals surface area (Å²) < 4.78 is 9.36. The van der Waals surface area contributed by atoms with Crippen LogP contribution in [0.3, 0.4) is 0 Å². The van der Waals surface area contributed by atoms with Crippen molar-refractivity contribution in [3.63, 3.8) is 0 Å². The maximum Gasteiger partial charge on any atom is 0.270 e. The molecule has 0 fully saturated rings. The predicted molar refractivity (Wildman–Crippen MR) is 202 cm³/mol. The number of carbonyl (C=O) groups excluding carboxylic acids is 1. The van der Waals surface area contributed by atoms with Gasteiger partial charge in [0, 0.05) is 25.3 Å². The monoisotopic (exact) mass is 1030 g/mol. The first-order valence-electron chi connectivity index (χ1n) is 13.3. The molecule has 1 amide bonds. The zero-order chi connectivity index (χ0) is 31.3. The number of nitrogens with zero attached hydrogens (tertiary/aromatic N) is 1. The molecule has 0 saturated heterocycles. The van der Waals surface area contributed by atoms with Crippen LogP contribution in [-0.2, 0) is 11.2 Å². The lowest BCUT2D eigenvalue weighted by molar-refractivity contribution is -0.122. The van der Waals surface area contributed by atoms with Crippen LogP contribution in [0.4, 0.5) is 5.69 Å². The number of hydrogen-bond donors (Lipinski definition) is 5. The van der Waals surface area contributed by atoms with Gasteiger partial charge in [-0.1, -0.05) is 0 Å². The van der Waals surface area contributed by atoms with Crippen LogP contribution in [0, 0.1) is 14.3 Å². The van der Waals surface area contributed by atoms with Crippen LogP contribution in [0.15, 0.2) is 52.1 Å². The topological polar surface area (TPSA) is 154 Å². The molecule has 0 bridgehead atoms. The fourth-order valence-corrected chi connectivity index (χ4v) is 8.32. The highest BCUT2D eigenvalue weighted by atomic mass is 127. The Kier molecular flexibility index (Phi) is 12.4. The first-order chi connectivity index (χ1) is 20.5. The summed E-state index contributed by atoms with van der Waals surface area (Å²) >= 11 is 8.58. The smallest absolute Gasteiger partial charge is 0.270 e. The number of rotatable bonds is 12. The van der Waals surface area contributed by atoms with Gasteiger partial charge in [0.25, 0.3) is 11.1 Å². The average molecular weight is 1040 g/mol. The summed E-state index contributed by atoms with van der Waals surface area (Å²) in [6, 6.07) is 12.1. The number of anilines is 1. The van der Waals surface area contributed by atoms with Crippen molar-refractivity contribution in [2.24, 2.45) is 5.73 Å². The number of H-pyrrole nitrogens is 2. The molecule has 0 saturated carbocycles. The number of ether oxygens (including phenoxy) is 1. The lowest BCUT2D eigenvalue weighted by atomic mass is 10.1. The number of hydrogen-bond acceptors (Lipinski definition) is 7. The number of phenolic OH excluding ortho intramolecular Hbond substituents is 1. The van der Waals surface area contributed by atoms with E-state index in [2.05, 4.69) is 111 Å². The Morgan fingerprint density at radius 2 is 1.58 bits per heavy atom. The normalized spacial score (nSPS) is 11.9. The number of aromatic amines is 2. The Labute approximate surface area is 302 Å². The maximum absolute atomic E-state index is 12.7. The van der Waals surface area contributed by atoms with Gasteiger partial charge in [-0.25, -0.2) is 0 Å². The summed E-state index contributed by atoms with van der Waals surface area (Å²) in [5.74, 6) is 1.39. The van der Waals surface area contributed by atoms with Crippen molar-refractivity contribution in [1.29, 1.82) is 0 Å². The number of nitrogens with two attached hydrogens (primary N) is 1. The minimum absolute atomic E-state index is 0.204. The minimum atomic E-state index is -0.690. The molecule has 0 radical (unpaired) electrons. The summed E-state index contributed by atoms with van der Waals surface area (Å²) in [4.78, 5) is 39.0. The molecule has 4 rings (SSSR count). The van der Waals surface area contributed by atoms with Crippen LogP contribution in [0.5, 0.6) is 17.2 Å². The second-order valence-electron chi connectivity index (χ2n) is 9.75. The SMILES string of the molecule is CCN(CCCCNC(=O)[C@@H](N)Cc1cc(I)c(Oc2cc(I)c(O)c(I)c2)c(I)c1)c1ccc2c(=O)[nH][nH]c(=O)c2c1. The van der Waals surface area contributed by atoms with Crippen molar-refractivity contribution < 1.29 is 14.6 Å². The highest BCUT2D eigenvalue weighted by Crippen LogP contribution is 2.37. The zero-order valence-electron chi connectivity index (χ0n) is 23.0. The molecule has 1 aromatic heterocycles. The van der Waals surface area contributed by atoms with Gasteiger partial charge in [0.1, 0.15) is 11.5 Å². The van der Waals surface area contributed by atoms with Gasteiger partial charge in [-0.15, -0.1) is 0 Å². The standard InChI is InChI=1S/C29H29I4N5O5/c1-2-38(16-5-6-18-19(12-16)28(41)37-36-27(18)40)8-4-3-7-35-29(42)24(34)11-15-9-22(32)26(23(33)10-15)43-17-13-20(30)25(39)21(31)14-17/h5-6,9-10,12-14,24,39H,2-4,7-8,11,34H2,1H3,(H,35,42)(H,36,40)(H,37,41)/t24-/m0/s1. The maximum atomic E-state index is 12.7. The number of benzene rings is 3. The second kappa shape index (κ2) is 15.6. The van der Waals surface area contributed by atoms with Gasteiger partial charge in [0.05, 0.1) is 31.1 Å². The van der Waals surface area contributed by atoms with Crippen LogP contribution in [-0.4, -0.2) is 46.9 Å². The van der Waals surface area contributed by atoms with Crippen molar-refractivity contribution in [2.45, 2.75) is 32.2 Å². The van der Waals surface area contributed by atoms with Gasteiger partial charge in [-0.05, 0) is 165 Å². The van der Waals surface area contributed by atoms with Gasteiger partial charge < -0.3 is 25.8 Å². The van der Waals surface area contributed by atoms with E-state index in [0.29, 0.717) is 42.4 Å². The van der Waals surface area contributed by atoms with Gasteiger partial charge in [0.2, 0.25) is 5.91 Å². The molecule has 43 heavy (non-hydrogen) atoms. The Morgan fingerprint density at radius 1 is 0.953 bits per heavy atom. The Morgan fingerprint density at radius 3 is 2.21 bits per heavy atom. The number of nitrogens with one attached hydrogen (secondary N) is 3. The highest BCUT2D eigenvalue weighted by molar-refractivity contribution is 14.1. The first kappa shape index (κ1) is 34.2. The number of halogens is 4. The van der Waals surface area contributed by atoms with E-state index in [1.54, 1.807) is 24.3 Å². The summed E-state index contributed by atoms with van der Waals surface area (Å²) in [7, 11) is 0. The van der Waals surface area contributed by atoms with Crippen molar-refractivity contribution in [1.82, 2.24) is 15.5 Å². The fourth-order valence-electron chi connectivity index (χ4n) is 4.50. The van der Waals surface area contributed by atoms with Crippen LogP contribution >= 0.6 is 90.4 Å². The number of aromatic nitrogens is 2. The van der Waals surface area contributed by atoms with Gasteiger partial charge in [-0.2, -0.15) is 0 Å². The number of amides is 1. The van der Waals surface area contributed by atoms with Crippen molar-refractivity contribution >= 4 is 113 Å². The zero-order valence-corrected chi connectivity index (χ0v) is 31.6. The molecular weight excluding hydrogens is 1010 g/mol. The van der Waals surface area contributed by atoms with Crippen molar-refractivity contribution in [2.75, 3.05) is 24.5 Å². The molecule has 228 valence electrons. The van der Waals surface area contributed by atoms with Crippen LogP contribution in [0.2, 0.25) is 0 Å². The van der Waals surface area contributed by atoms with E-state index in [0.717, 1.165) is 44.3 Å². The average Bonchev–Trinajstić information content (AvgIpc) is 2.97. The number of carbonyl (C=O) groups is 1. The highest BCUT2D eigenvalue weighted by Gasteiger charge is 2.18. The van der Waals surface area contributed by atoms with E-state index in [4.69, 9.17) is 10.5 Å². The van der Waals surface area contributed by atoms with Crippen molar-refractivity contribution in [3.8, 4) is 17.2 Å². The van der Waals surface area contributed by atoms with Gasteiger partial charge in [-0.3, -0.25) is 24.6 Å². The molecule has 1 heterocycles. The summed E-state index contributed by atoms with van der Waals surface area (Å²) in [5.41, 5.74) is 7.39. The molecule has 10 nitrogen and oxygen atoms in total. The lowest BCUT2D eigenvalue weighted by Gasteiger charge is -2.23. The predicted octanol–water partition coefficient (Wildman–Crippen LogP) is 5.43. The molecule has 3 aromatic carbocycles. The van der Waals surface area contributed by atoms with Crippen LogP contribution < -0.4 is 31.8 Å². The fraction of sp³-hybridized carbons (Fsp3) is 0.276. The third kappa shape index (κ3) is 8.75. The molecule has 0 unspecified atom stereocenters. The van der Waals surface area contributed by atoms with Gasteiger partial charge >= 0.3 is 0 Å². The van der Waals surface area contributed by atoms with E-state index in [9.17, 15) is 19.5 Å². The lowest BCUT2D eigenvalue weighted by Crippen LogP contribution is -2.42. The number of fused-ring (bicyclic) bond motifs is 1. The second-order valence-corrected chi connectivity index (χ2v) is 14.4. The molecular formula is C29H29I4N5O5. The Bertz CT molecular complexity index is 1710. The molecule has 0 aliphatic rings. The quantitative estimate of drug-likeness (QED) is 0.0939. The number of phenols is 1. The van der Waals surface area contributed by atoms with Gasteiger partial charge in [0.15, 0.2) is 5.75 Å². The van der Waals surface area contributed by atoms with E-state index in [-0.39, 0.29) is 22.8 Å². The number of aromatic hydroxyl groups is 1. The minimum Gasteiger partial charge on any atom is -0.506 e. The van der Waals surface area contributed by atoms with E-state index in [1.807, 2.05) is 25.1 Å².